The molecule has 0 aliphatic carbocycles. The van der Waals surface area contributed by atoms with Crippen molar-refractivity contribution >= 4 is 17.7 Å². The van der Waals surface area contributed by atoms with Crippen LogP contribution in [0.15, 0.2) is 0 Å². The molecule has 2 heterocycles. The Balaban J connectivity index is 2.25. The summed E-state index contributed by atoms with van der Waals surface area (Å²) < 4.78 is 16.4. The van der Waals surface area contributed by atoms with Crippen LogP contribution >= 0.6 is 12.2 Å². The minimum Gasteiger partial charge on any atom is -0.394 e. The molecule has 0 saturated carbocycles. The monoisotopic (exact) mass is 399 g/mol. The molecule has 0 amide bonds. The van der Waals surface area contributed by atoms with Crippen molar-refractivity contribution in [2.24, 2.45) is 0 Å². The maximum absolute atomic E-state index is 10.3. The predicted molar refractivity (Wildman–Crippen MR) is 87.8 cm³/mol. The van der Waals surface area contributed by atoms with Gasteiger partial charge in [-0.15, -0.1) is 0 Å². The van der Waals surface area contributed by atoms with Gasteiger partial charge in [0.15, 0.2) is 12.1 Å². The van der Waals surface area contributed by atoms with E-state index in [1.807, 2.05) is 0 Å². The number of aliphatic hydroxyl groups is 7. The van der Waals surface area contributed by atoms with Crippen LogP contribution in [0.5, 0.6) is 0 Å². The third-order valence-corrected chi connectivity index (χ3v) is 4.78. The first-order valence-corrected chi connectivity index (χ1v) is 8.50. The van der Waals surface area contributed by atoms with Crippen molar-refractivity contribution in [2.45, 2.75) is 67.8 Å². The van der Waals surface area contributed by atoms with Gasteiger partial charge in [-0.25, -0.2) is 0 Å². The average molecular weight is 399 g/mol. The van der Waals surface area contributed by atoms with Gasteiger partial charge in [0.25, 0.3) is 0 Å². The third kappa shape index (κ3) is 4.00. The van der Waals surface area contributed by atoms with E-state index >= 15 is 0 Å². The quantitative estimate of drug-likeness (QED) is 0.201. The third-order valence-electron chi connectivity index (χ3n) is 4.65. The molecule has 0 aromatic carbocycles. The highest BCUT2D eigenvalue weighted by Crippen LogP contribution is 2.34. The van der Waals surface area contributed by atoms with Gasteiger partial charge in [0, 0.05) is 0 Å². The highest BCUT2D eigenvalue weighted by Gasteiger charge is 2.55. The van der Waals surface area contributed by atoms with Crippen molar-refractivity contribution in [2.75, 3.05) is 13.2 Å². The van der Waals surface area contributed by atoms with Crippen molar-refractivity contribution in [1.82, 2.24) is 5.32 Å². The van der Waals surface area contributed by atoms with Gasteiger partial charge in [-0.05, 0) is 6.92 Å². The Kier molecular flexibility index (Phi) is 7.26. The summed E-state index contributed by atoms with van der Waals surface area (Å²) in [5, 5.41) is 71.4. The maximum Gasteiger partial charge on any atom is 0.197 e. The van der Waals surface area contributed by atoms with Crippen LogP contribution in [-0.2, 0) is 14.2 Å². The number of nitrogens with one attached hydrogen (secondary N) is 1. The largest absolute Gasteiger partial charge is 0.394 e. The Hall–Kier alpha value is -0.510. The molecule has 0 bridgehead atoms. The minimum absolute atomic E-state index is 0.622. The molecule has 0 aromatic heterocycles. The Bertz CT molecular complexity index is 485. The number of hydrogen-bond acceptors (Lipinski definition) is 11. The number of ether oxygens (including phenoxy) is 3. The standard InChI is InChI=1S/C14H25NO10S/c1-14(12(22)11(21)9(19)6(3-17)24-14)25-13-7(15-4-26)10(20)8(18)5(2-16)23-13/h4-13,16-22H,2-3H2,1H3,(H,15,26). The Morgan fingerprint density at radius 1 is 1.00 bits per heavy atom. The zero-order valence-electron chi connectivity index (χ0n) is 14.0. The van der Waals surface area contributed by atoms with Crippen LogP contribution in [0.1, 0.15) is 6.92 Å². The van der Waals surface area contributed by atoms with E-state index in [9.17, 15) is 35.7 Å². The fourth-order valence-corrected chi connectivity index (χ4v) is 3.23. The van der Waals surface area contributed by atoms with Crippen molar-refractivity contribution in [1.29, 1.82) is 0 Å². The lowest BCUT2D eigenvalue weighted by molar-refractivity contribution is -0.407. The molecule has 12 heteroatoms. The van der Waals surface area contributed by atoms with Crippen LogP contribution in [0, 0.1) is 0 Å². The van der Waals surface area contributed by atoms with E-state index in [-0.39, 0.29) is 0 Å². The molecule has 2 aliphatic heterocycles. The zero-order chi connectivity index (χ0) is 19.6. The molecule has 0 aromatic rings. The molecule has 2 saturated heterocycles. The van der Waals surface area contributed by atoms with E-state index in [1.54, 1.807) is 0 Å². The lowest BCUT2D eigenvalue weighted by Gasteiger charge is -2.50. The molecule has 8 N–H and O–H groups in total. The first kappa shape index (κ1) is 21.8. The highest BCUT2D eigenvalue weighted by atomic mass is 32.1. The summed E-state index contributed by atoms with van der Waals surface area (Å²) in [5.74, 6) is -1.94. The molecule has 0 radical (unpaired) electrons. The molecule has 11 nitrogen and oxygen atoms in total. The topological polar surface area (TPSA) is 181 Å². The van der Waals surface area contributed by atoms with Crippen LogP contribution in [-0.4, -0.2) is 115 Å². The molecule has 2 fully saturated rings. The number of hydrogen-bond donors (Lipinski definition) is 8. The Labute approximate surface area is 154 Å². The van der Waals surface area contributed by atoms with Crippen molar-refractivity contribution in [3.63, 3.8) is 0 Å². The normalized spacial score (nSPS) is 49.6. The van der Waals surface area contributed by atoms with Gasteiger partial charge in [-0.3, -0.25) is 0 Å². The van der Waals surface area contributed by atoms with E-state index in [2.05, 4.69) is 17.5 Å². The molecule has 0 spiro atoms. The highest BCUT2D eigenvalue weighted by molar-refractivity contribution is 7.78. The second kappa shape index (κ2) is 8.67. The van der Waals surface area contributed by atoms with Crippen molar-refractivity contribution in [3.8, 4) is 0 Å². The molecule has 10 unspecified atom stereocenters. The van der Waals surface area contributed by atoms with E-state index in [0.29, 0.717) is 0 Å². The van der Waals surface area contributed by atoms with E-state index < -0.39 is 74.1 Å². The Morgan fingerprint density at radius 3 is 2.12 bits per heavy atom. The second-order valence-corrected chi connectivity index (χ2v) is 6.65. The van der Waals surface area contributed by atoms with Crippen molar-refractivity contribution < 1.29 is 50.0 Å². The summed E-state index contributed by atoms with van der Waals surface area (Å²) >= 11 is 4.69. The number of thiocarbonyl (C=S) groups is 1. The van der Waals surface area contributed by atoms with Gasteiger partial charge in [-0.1, -0.05) is 12.2 Å². The van der Waals surface area contributed by atoms with E-state index in [4.69, 9.17) is 14.2 Å². The van der Waals surface area contributed by atoms with Crippen molar-refractivity contribution in [3.05, 3.63) is 0 Å². The van der Waals surface area contributed by atoms with Crippen LogP contribution in [0.4, 0.5) is 0 Å². The first-order chi connectivity index (χ1) is 12.2. The smallest absolute Gasteiger partial charge is 0.197 e. The summed E-state index contributed by atoms with van der Waals surface area (Å²) in [4.78, 5) is 0. The van der Waals surface area contributed by atoms with Gasteiger partial charge in [0.1, 0.15) is 48.8 Å². The molecule has 10 atom stereocenters. The lowest BCUT2D eigenvalue weighted by atomic mass is 9.92. The van der Waals surface area contributed by atoms with Crippen LogP contribution in [0.25, 0.3) is 0 Å². The van der Waals surface area contributed by atoms with Gasteiger partial charge in [-0.2, -0.15) is 0 Å². The average Bonchev–Trinajstić information content (AvgIpc) is 2.62. The summed E-state index contributed by atoms with van der Waals surface area (Å²) in [6.45, 7) is -0.0284. The zero-order valence-corrected chi connectivity index (χ0v) is 14.8. The lowest BCUT2D eigenvalue weighted by Crippen LogP contribution is -2.69. The van der Waals surface area contributed by atoms with Gasteiger partial charge < -0.3 is 55.3 Å². The molecular weight excluding hydrogens is 374 g/mol. The summed E-state index contributed by atoms with van der Waals surface area (Å²) in [6, 6.07) is -1.09. The summed E-state index contributed by atoms with van der Waals surface area (Å²) in [5.41, 5.74) is 1.06. The van der Waals surface area contributed by atoms with Gasteiger partial charge in [0.05, 0.1) is 18.7 Å². The predicted octanol–water partition coefficient (Wildman–Crippen LogP) is -4.45. The minimum atomic E-state index is -1.94. The summed E-state index contributed by atoms with van der Waals surface area (Å²) in [6.07, 6.45) is -11.6. The number of rotatable bonds is 6. The Morgan fingerprint density at radius 2 is 1.58 bits per heavy atom. The van der Waals surface area contributed by atoms with Gasteiger partial charge >= 0.3 is 0 Å². The fourth-order valence-electron chi connectivity index (χ4n) is 3.07. The number of aliphatic hydroxyl groups excluding tert-OH is 7. The molecular formula is C14H25NO10S. The fraction of sp³-hybridized carbons (Fsp3) is 0.929. The van der Waals surface area contributed by atoms with Crippen LogP contribution in [0.2, 0.25) is 0 Å². The summed E-state index contributed by atoms with van der Waals surface area (Å²) in [7, 11) is 0. The maximum atomic E-state index is 10.3. The molecule has 2 rings (SSSR count). The second-order valence-electron chi connectivity index (χ2n) is 6.42. The molecule has 2 aliphatic rings. The van der Waals surface area contributed by atoms with E-state index in [1.165, 1.54) is 6.92 Å². The molecule has 26 heavy (non-hydrogen) atoms. The SMILES string of the molecule is CC1(OC2OC(CO)C(O)C(O)C2NC=S)OC(CO)C(O)C(O)C1O. The van der Waals surface area contributed by atoms with Crippen LogP contribution in [0.3, 0.4) is 0 Å². The van der Waals surface area contributed by atoms with E-state index in [0.717, 1.165) is 5.49 Å². The van der Waals surface area contributed by atoms with Crippen LogP contribution < -0.4 is 5.32 Å². The van der Waals surface area contributed by atoms with Gasteiger partial charge in [0.2, 0.25) is 0 Å². The molecule has 152 valence electrons. The first-order valence-electron chi connectivity index (χ1n) is 8.03.